The molecule has 1 amide bonds. The first-order valence-electron chi connectivity index (χ1n) is 5.29. The Labute approximate surface area is 104 Å². The van der Waals surface area contributed by atoms with Gasteiger partial charge in [0, 0.05) is 12.7 Å². The van der Waals surface area contributed by atoms with Gasteiger partial charge in [-0.25, -0.2) is 4.79 Å². The minimum atomic E-state index is -1.02. The maximum absolute atomic E-state index is 11.5. The van der Waals surface area contributed by atoms with Gasteiger partial charge < -0.3 is 15.0 Å². The van der Waals surface area contributed by atoms with E-state index in [1.165, 1.54) is 10.6 Å². The van der Waals surface area contributed by atoms with Crippen LogP contribution in [0.15, 0.2) is 18.3 Å². The normalized spacial score (nSPS) is 10.2. The summed E-state index contributed by atoms with van der Waals surface area (Å²) >= 11 is 1.73. The molecule has 0 saturated heterocycles. The SMILES string of the molecule is CSCCCNC(=O)Cn1cccc1C(=O)O. The molecule has 1 aromatic heterocycles. The number of carboxylic acid groups (broad SMARTS) is 1. The Morgan fingerprint density at radius 2 is 2.29 bits per heavy atom. The Morgan fingerprint density at radius 3 is 2.94 bits per heavy atom. The fourth-order valence-electron chi connectivity index (χ4n) is 1.40. The highest BCUT2D eigenvalue weighted by Crippen LogP contribution is 2.02. The van der Waals surface area contributed by atoms with Gasteiger partial charge in [0.05, 0.1) is 0 Å². The number of nitrogens with zero attached hydrogens (tertiary/aromatic N) is 1. The number of rotatable bonds is 7. The minimum absolute atomic E-state index is 0.0495. The van der Waals surface area contributed by atoms with Crippen LogP contribution in [0.5, 0.6) is 0 Å². The van der Waals surface area contributed by atoms with Crippen LogP contribution in [0.1, 0.15) is 16.9 Å². The Bertz CT molecular complexity index is 390. The molecule has 0 aliphatic rings. The average molecular weight is 256 g/mol. The molecule has 0 aromatic carbocycles. The lowest BCUT2D eigenvalue weighted by atomic mass is 10.4. The van der Waals surface area contributed by atoms with Crippen molar-refractivity contribution in [3.8, 4) is 0 Å². The maximum atomic E-state index is 11.5. The van der Waals surface area contributed by atoms with Gasteiger partial charge in [0.25, 0.3) is 0 Å². The first-order chi connectivity index (χ1) is 8.15. The fraction of sp³-hybridized carbons (Fsp3) is 0.455. The van der Waals surface area contributed by atoms with Crippen LogP contribution in [0.3, 0.4) is 0 Å². The third-order valence-electron chi connectivity index (χ3n) is 2.21. The molecule has 0 saturated carbocycles. The topological polar surface area (TPSA) is 71.3 Å². The van der Waals surface area contributed by atoms with E-state index in [0.29, 0.717) is 6.54 Å². The summed E-state index contributed by atoms with van der Waals surface area (Å²) in [5.41, 5.74) is 0.129. The van der Waals surface area contributed by atoms with Crippen LogP contribution in [0.2, 0.25) is 0 Å². The molecule has 1 aromatic rings. The van der Waals surface area contributed by atoms with E-state index in [9.17, 15) is 9.59 Å². The monoisotopic (exact) mass is 256 g/mol. The number of aromatic nitrogens is 1. The largest absolute Gasteiger partial charge is 0.477 e. The van der Waals surface area contributed by atoms with Crippen molar-refractivity contribution in [2.24, 2.45) is 0 Å². The van der Waals surface area contributed by atoms with E-state index in [1.807, 2.05) is 6.26 Å². The molecule has 1 rings (SSSR count). The van der Waals surface area contributed by atoms with Crippen LogP contribution < -0.4 is 5.32 Å². The van der Waals surface area contributed by atoms with Crippen LogP contribution in [0, 0.1) is 0 Å². The highest BCUT2D eigenvalue weighted by Gasteiger charge is 2.10. The van der Waals surface area contributed by atoms with Gasteiger partial charge >= 0.3 is 5.97 Å². The second-order valence-electron chi connectivity index (χ2n) is 3.52. The number of aromatic carboxylic acids is 1. The molecule has 0 radical (unpaired) electrons. The molecule has 5 nitrogen and oxygen atoms in total. The Morgan fingerprint density at radius 1 is 1.53 bits per heavy atom. The predicted molar refractivity (Wildman–Crippen MR) is 67.4 cm³/mol. The molecule has 6 heteroatoms. The molecular weight excluding hydrogens is 240 g/mol. The van der Waals surface area contributed by atoms with E-state index in [4.69, 9.17) is 5.11 Å². The van der Waals surface area contributed by atoms with Crippen LogP contribution in [-0.2, 0) is 11.3 Å². The summed E-state index contributed by atoms with van der Waals surface area (Å²) in [6, 6.07) is 3.09. The number of hydrogen-bond acceptors (Lipinski definition) is 3. The summed E-state index contributed by atoms with van der Waals surface area (Å²) < 4.78 is 1.42. The molecule has 2 N–H and O–H groups in total. The molecule has 0 fully saturated rings. The summed E-state index contributed by atoms with van der Waals surface area (Å²) in [7, 11) is 0. The number of carbonyl (C=O) groups is 2. The molecule has 17 heavy (non-hydrogen) atoms. The van der Waals surface area contributed by atoms with Crippen molar-refractivity contribution in [3.05, 3.63) is 24.0 Å². The minimum Gasteiger partial charge on any atom is -0.477 e. The van der Waals surface area contributed by atoms with Gasteiger partial charge in [-0.3, -0.25) is 4.79 Å². The maximum Gasteiger partial charge on any atom is 0.352 e. The van der Waals surface area contributed by atoms with Gasteiger partial charge in [-0.1, -0.05) is 0 Å². The van der Waals surface area contributed by atoms with Crippen molar-refractivity contribution in [2.75, 3.05) is 18.6 Å². The second kappa shape index (κ2) is 7.01. The molecule has 0 aliphatic carbocycles. The first-order valence-corrected chi connectivity index (χ1v) is 6.68. The van der Waals surface area contributed by atoms with Gasteiger partial charge in [-0.2, -0.15) is 11.8 Å². The number of carboxylic acids is 1. The first kappa shape index (κ1) is 13.6. The van der Waals surface area contributed by atoms with Crippen LogP contribution in [0.25, 0.3) is 0 Å². The zero-order chi connectivity index (χ0) is 12.7. The molecule has 0 bridgehead atoms. The third kappa shape index (κ3) is 4.52. The van der Waals surface area contributed by atoms with Crippen molar-refractivity contribution < 1.29 is 14.7 Å². The van der Waals surface area contributed by atoms with Crippen LogP contribution >= 0.6 is 11.8 Å². The molecule has 0 unspecified atom stereocenters. The Hall–Kier alpha value is -1.43. The molecule has 94 valence electrons. The van der Waals surface area contributed by atoms with Gasteiger partial charge in [-0.15, -0.1) is 0 Å². The quantitative estimate of drug-likeness (QED) is 0.715. The summed E-state index contributed by atoms with van der Waals surface area (Å²) in [4.78, 5) is 22.3. The summed E-state index contributed by atoms with van der Waals surface area (Å²) in [5, 5.41) is 11.6. The lowest BCUT2D eigenvalue weighted by molar-refractivity contribution is -0.121. The van der Waals surface area contributed by atoms with Crippen LogP contribution in [-0.4, -0.2) is 40.1 Å². The predicted octanol–water partition coefficient (Wildman–Crippen LogP) is 1.06. The number of hydrogen-bond donors (Lipinski definition) is 2. The van der Waals surface area contributed by atoms with Crippen molar-refractivity contribution in [3.63, 3.8) is 0 Å². The third-order valence-corrected chi connectivity index (χ3v) is 2.91. The van der Waals surface area contributed by atoms with Gasteiger partial charge in [-0.05, 0) is 30.6 Å². The van der Waals surface area contributed by atoms with Crippen molar-refractivity contribution in [1.29, 1.82) is 0 Å². The van der Waals surface area contributed by atoms with Crippen molar-refractivity contribution >= 4 is 23.6 Å². The van der Waals surface area contributed by atoms with E-state index >= 15 is 0 Å². The molecule has 0 atom stereocenters. The van der Waals surface area contributed by atoms with E-state index < -0.39 is 5.97 Å². The van der Waals surface area contributed by atoms with E-state index in [0.717, 1.165) is 12.2 Å². The van der Waals surface area contributed by atoms with Gasteiger partial charge in [0.2, 0.25) is 5.91 Å². The lowest BCUT2D eigenvalue weighted by Gasteiger charge is -2.07. The zero-order valence-corrected chi connectivity index (χ0v) is 10.5. The van der Waals surface area contributed by atoms with Crippen LogP contribution in [0.4, 0.5) is 0 Å². The fourth-order valence-corrected chi connectivity index (χ4v) is 1.83. The Balaban J connectivity index is 2.40. The number of thioether (sulfide) groups is 1. The van der Waals surface area contributed by atoms with E-state index in [1.54, 1.807) is 24.0 Å². The summed E-state index contributed by atoms with van der Waals surface area (Å²) in [6.45, 7) is 0.678. The molecular formula is C11H16N2O3S. The molecule has 1 heterocycles. The van der Waals surface area contributed by atoms with Crippen molar-refractivity contribution in [1.82, 2.24) is 9.88 Å². The molecule has 0 spiro atoms. The lowest BCUT2D eigenvalue weighted by Crippen LogP contribution is -2.29. The van der Waals surface area contributed by atoms with Gasteiger partial charge in [0.15, 0.2) is 0 Å². The highest BCUT2D eigenvalue weighted by molar-refractivity contribution is 7.98. The number of carbonyl (C=O) groups excluding carboxylic acids is 1. The Kier molecular flexibility index (Phi) is 5.62. The molecule has 0 aliphatic heterocycles. The van der Waals surface area contributed by atoms with E-state index in [-0.39, 0.29) is 18.1 Å². The zero-order valence-electron chi connectivity index (χ0n) is 9.68. The average Bonchev–Trinajstić information content (AvgIpc) is 2.72. The summed E-state index contributed by atoms with van der Waals surface area (Å²) in [6.07, 6.45) is 4.52. The standard InChI is InChI=1S/C11H16N2O3S/c1-17-7-3-5-12-10(14)8-13-6-2-4-9(13)11(15)16/h2,4,6H,3,5,7-8H2,1H3,(H,12,14)(H,15,16). The number of amides is 1. The van der Waals surface area contributed by atoms with Gasteiger partial charge in [0.1, 0.15) is 12.2 Å². The second-order valence-corrected chi connectivity index (χ2v) is 4.51. The highest BCUT2D eigenvalue weighted by atomic mass is 32.2. The summed E-state index contributed by atoms with van der Waals surface area (Å²) in [5.74, 6) is -0.181. The van der Waals surface area contributed by atoms with E-state index in [2.05, 4.69) is 5.32 Å². The van der Waals surface area contributed by atoms with Crippen molar-refractivity contribution in [2.45, 2.75) is 13.0 Å². The smallest absolute Gasteiger partial charge is 0.352 e. The number of nitrogens with one attached hydrogen (secondary N) is 1.